The van der Waals surface area contributed by atoms with Crippen LogP contribution in [-0.4, -0.2) is 14.8 Å². The predicted molar refractivity (Wildman–Crippen MR) is 97.2 cm³/mol. The number of benzene rings is 2. The number of rotatable bonds is 7. The Labute approximate surface area is 151 Å². The fourth-order valence-electron chi connectivity index (χ4n) is 2.47. The van der Waals surface area contributed by atoms with E-state index in [4.69, 9.17) is 4.74 Å². The standard InChI is InChI=1S/C19H20FN3OS/c1-3-23-18(12-24-17-11-7-4-8-14(17)2)21-22-19(23)25-13-15-9-5-6-10-16(15)20/h4-11H,3,12-13H2,1-2H3. The number of ether oxygens (including phenoxy) is 1. The normalized spacial score (nSPS) is 10.8. The van der Waals surface area contributed by atoms with Gasteiger partial charge in [-0.1, -0.05) is 48.2 Å². The van der Waals surface area contributed by atoms with Crippen molar-refractivity contribution in [1.29, 1.82) is 0 Å². The van der Waals surface area contributed by atoms with Crippen LogP contribution in [-0.2, 0) is 18.9 Å². The summed E-state index contributed by atoms with van der Waals surface area (Å²) >= 11 is 1.48. The fraction of sp³-hybridized carbons (Fsp3) is 0.263. The van der Waals surface area contributed by atoms with Crippen LogP contribution in [0.1, 0.15) is 23.9 Å². The minimum absolute atomic E-state index is 0.194. The molecule has 4 nitrogen and oxygen atoms in total. The van der Waals surface area contributed by atoms with E-state index >= 15 is 0 Å². The number of para-hydroxylation sites is 1. The Bertz CT molecular complexity index is 783. The zero-order valence-electron chi connectivity index (χ0n) is 14.3. The van der Waals surface area contributed by atoms with Gasteiger partial charge in [-0.3, -0.25) is 0 Å². The Morgan fingerprint density at radius 1 is 1.08 bits per heavy atom. The van der Waals surface area contributed by atoms with Crippen LogP contribution in [0.25, 0.3) is 0 Å². The van der Waals surface area contributed by atoms with E-state index in [0.717, 1.165) is 28.8 Å². The maximum atomic E-state index is 13.8. The molecule has 0 atom stereocenters. The summed E-state index contributed by atoms with van der Waals surface area (Å²) in [6.45, 7) is 5.13. The van der Waals surface area contributed by atoms with Gasteiger partial charge in [-0.2, -0.15) is 0 Å². The van der Waals surface area contributed by atoms with Crippen LogP contribution in [0.5, 0.6) is 5.75 Å². The molecule has 0 N–H and O–H groups in total. The lowest BCUT2D eigenvalue weighted by molar-refractivity contribution is 0.286. The van der Waals surface area contributed by atoms with E-state index in [1.165, 1.54) is 17.8 Å². The summed E-state index contributed by atoms with van der Waals surface area (Å²) in [4.78, 5) is 0. The second kappa shape index (κ2) is 8.16. The lowest BCUT2D eigenvalue weighted by atomic mass is 10.2. The molecule has 0 radical (unpaired) electrons. The third-order valence-corrected chi connectivity index (χ3v) is 4.89. The molecule has 0 saturated heterocycles. The van der Waals surface area contributed by atoms with Crippen molar-refractivity contribution < 1.29 is 9.13 Å². The third-order valence-electron chi connectivity index (χ3n) is 3.87. The van der Waals surface area contributed by atoms with E-state index in [2.05, 4.69) is 10.2 Å². The minimum Gasteiger partial charge on any atom is -0.485 e. The predicted octanol–water partition coefficient (Wildman–Crippen LogP) is 4.62. The monoisotopic (exact) mass is 357 g/mol. The summed E-state index contributed by atoms with van der Waals surface area (Å²) in [5.41, 5.74) is 1.75. The van der Waals surface area contributed by atoms with Crippen molar-refractivity contribution in [2.75, 3.05) is 0 Å². The van der Waals surface area contributed by atoms with Crippen molar-refractivity contribution in [3.8, 4) is 5.75 Å². The van der Waals surface area contributed by atoms with Gasteiger partial charge in [0.25, 0.3) is 0 Å². The summed E-state index contributed by atoms with van der Waals surface area (Å²) in [7, 11) is 0. The highest BCUT2D eigenvalue weighted by molar-refractivity contribution is 7.98. The molecule has 2 aromatic carbocycles. The molecular weight excluding hydrogens is 337 g/mol. The topological polar surface area (TPSA) is 39.9 Å². The minimum atomic E-state index is -0.194. The molecule has 0 saturated carbocycles. The van der Waals surface area contributed by atoms with Crippen LogP contribution in [0.2, 0.25) is 0 Å². The average Bonchev–Trinajstić information content (AvgIpc) is 3.02. The van der Waals surface area contributed by atoms with E-state index < -0.39 is 0 Å². The Balaban J connectivity index is 1.68. The van der Waals surface area contributed by atoms with Gasteiger partial charge in [0.1, 0.15) is 18.2 Å². The molecule has 0 fully saturated rings. The number of nitrogens with zero attached hydrogens (tertiary/aromatic N) is 3. The van der Waals surface area contributed by atoms with Crippen molar-refractivity contribution in [1.82, 2.24) is 14.8 Å². The Morgan fingerprint density at radius 3 is 2.60 bits per heavy atom. The van der Waals surface area contributed by atoms with Gasteiger partial charge in [0.15, 0.2) is 11.0 Å². The van der Waals surface area contributed by atoms with Crippen LogP contribution in [0.15, 0.2) is 53.7 Å². The van der Waals surface area contributed by atoms with Crippen LogP contribution in [0.3, 0.4) is 0 Å². The van der Waals surface area contributed by atoms with Crippen molar-refractivity contribution >= 4 is 11.8 Å². The lowest BCUT2D eigenvalue weighted by Crippen LogP contribution is -2.07. The van der Waals surface area contributed by atoms with E-state index in [0.29, 0.717) is 17.9 Å². The molecule has 0 unspecified atom stereocenters. The second-order valence-corrected chi connectivity index (χ2v) is 6.52. The van der Waals surface area contributed by atoms with Gasteiger partial charge in [0, 0.05) is 12.3 Å². The van der Waals surface area contributed by atoms with Gasteiger partial charge in [0.2, 0.25) is 0 Å². The highest BCUT2D eigenvalue weighted by atomic mass is 32.2. The quantitative estimate of drug-likeness (QED) is 0.579. The van der Waals surface area contributed by atoms with Crippen molar-refractivity contribution in [3.05, 3.63) is 71.3 Å². The van der Waals surface area contributed by atoms with E-state index in [1.54, 1.807) is 12.1 Å². The van der Waals surface area contributed by atoms with Crippen LogP contribution >= 0.6 is 11.8 Å². The number of halogens is 1. The molecule has 1 aromatic heterocycles. The lowest BCUT2D eigenvalue weighted by Gasteiger charge is -2.10. The van der Waals surface area contributed by atoms with Crippen molar-refractivity contribution in [2.24, 2.45) is 0 Å². The van der Waals surface area contributed by atoms with Gasteiger partial charge in [-0.25, -0.2) is 4.39 Å². The van der Waals surface area contributed by atoms with Gasteiger partial charge in [0.05, 0.1) is 0 Å². The van der Waals surface area contributed by atoms with Crippen LogP contribution in [0.4, 0.5) is 4.39 Å². The highest BCUT2D eigenvalue weighted by Gasteiger charge is 2.13. The number of aromatic nitrogens is 3. The Morgan fingerprint density at radius 2 is 1.84 bits per heavy atom. The molecule has 0 aliphatic heterocycles. The summed E-state index contributed by atoms with van der Waals surface area (Å²) in [5.74, 6) is 1.93. The van der Waals surface area contributed by atoms with E-state index in [9.17, 15) is 4.39 Å². The van der Waals surface area contributed by atoms with E-state index in [1.807, 2.05) is 48.7 Å². The molecule has 3 aromatic rings. The molecular formula is C19H20FN3OS. The first-order valence-electron chi connectivity index (χ1n) is 8.15. The van der Waals surface area contributed by atoms with E-state index in [-0.39, 0.29) is 5.82 Å². The molecule has 0 aliphatic rings. The summed E-state index contributed by atoms with van der Waals surface area (Å²) in [5, 5.41) is 9.25. The number of hydrogen-bond acceptors (Lipinski definition) is 4. The molecule has 0 spiro atoms. The maximum Gasteiger partial charge on any atom is 0.191 e. The highest BCUT2D eigenvalue weighted by Crippen LogP contribution is 2.24. The zero-order valence-corrected chi connectivity index (χ0v) is 15.1. The van der Waals surface area contributed by atoms with Crippen LogP contribution in [0, 0.1) is 12.7 Å². The first kappa shape index (κ1) is 17.5. The first-order chi connectivity index (χ1) is 12.2. The van der Waals surface area contributed by atoms with Gasteiger partial charge in [-0.15, -0.1) is 10.2 Å². The fourth-order valence-corrected chi connectivity index (χ4v) is 3.48. The molecule has 25 heavy (non-hydrogen) atoms. The maximum absolute atomic E-state index is 13.8. The van der Waals surface area contributed by atoms with Crippen LogP contribution < -0.4 is 4.74 Å². The molecule has 6 heteroatoms. The molecule has 0 bridgehead atoms. The first-order valence-corrected chi connectivity index (χ1v) is 9.14. The van der Waals surface area contributed by atoms with Gasteiger partial charge >= 0.3 is 0 Å². The second-order valence-electron chi connectivity index (χ2n) is 5.58. The summed E-state index contributed by atoms with van der Waals surface area (Å²) < 4.78 is 21.6. The molecule has 130 valence electrons. The van der Waals surface area contributed by atoms with Crippen molar-refractivity contribution in [2.45, 2.75) is 37.9 Å². The molecule has 1 heterocycles. The number of aryl methyl sites for hydroxylation is 1. The Hall–Kier alpha value is -2.34. The largest absolute Gasteiger partial charge is 0.485 e. The molecule has 0 aliphatic carbocycles. The summed E-state index contributed by atoms with van der Waals surface area (Å²) in [6.07, 6.45) is 0. The van der Waals surface area contributed by atoms with Crippen molar-refractivity contribution in [3.63, 3.8) is 0 Å². The number of thioether (sulfide) groups is 1. The molecule has 3 rings (SSSR count). The Kier molecular flexibility index (Phi) is 5.71. The third kappa shape index (κ3) is 4.20. The van der Waals surface area contributed by atoms with Gasteiger partial charge in [-0.05, 0) is 37.1 Å². The molecule has 0 amide bonds. The number of hydrogen-bond donors (Lipinski definition) is 0. The van der Waals surface area contributed by atoms with Gasteiger partial charge < -0.3 is 9.30 Å². The smallest absolute Gasteiger partial charge is 0.191 e. The summed E-state index contributed by atoms with van der Waals surface area (Å²) in [6, 6.07) is 14.7. The SMILES string of the molecule is CCn1c(COc2ccccc2C)nnc1SCc1ccccc1F. The zero-order chi connectivity index (χ0) is 17.6. The average molecular weight is 357 g/mol.